The lowest BCUT2D eigenvalue weighted by Crippen LogP contribution is -2.43. The van der Waals surface area contributed by atoms with Crippen molar-refractivity contribution in [2.75, 3.05) is 11.5 Å². The van der Waals surface area contributed by atoms with E-state index in [2.05, 4.69) is 4.98 Å². The molecular weight excluding hydrogens is 342 g/mol. The van der Waals surface area contributed by atoms with Crippen molar-refractivity contribution in [1.82, 2.24) is 4.98 Å². The molecule has 2 aliphatic rings. The summed E-state index contributed by atoms with van der Waals surface area (Å²) >= 11 is 3.62. The Morgan fingerprint density at radius 3 is 2.71 bits per heavy atom. The van der Waals surface area contributed by atoms with Gasteiger partial charge in [0.25, 0.3) is 0 Å². The van der Waals surface area contributed by atoms with Crippen LogP contribution in [-0.2, 0) is 8.87 Å². The monoisotopic (exact) mass is 361 g/mol. The molecule has 2 atom stereocenters. The fraction of sp³-hybridized carbons (Fsp3) is 0.444. The number of ketones is 1. The number of aliphatic carboxylic acids is 1. The molecule has 0 saturated carbocycles. The third-order valence-electron chi connectivity index (χ3n) is 5.16. The molecule has 126 valence electrons. The number of hydrogen-bond acceptors (Lipinski definition) is 4. The number of aromatic amines is 1. The van der Waals surface area contributed by atoms with Gasteiger partial charge in [0.05, 0.1) is 12.1 Å². The highest BCUT2D eigenvalue weighted by Gasteiger charge is 2.56. The summed E-state index contributed by atoms with van der Waals surface area (Å²) in [4.78, 5) is 28.2. The molecule has 1 fully saturated rings. The van der Waals surface area contributed by atoms with Crippen LogP contribution in [0.1, 0.15) is 35.8 Å². The molecule has 0 radical (unpaired) electrons. The maximum Gasteiger partial charge on any atom is 0.303 e. The molecule has 24 heavy (non-hydrogen) atoms. The van der Waals surface area contributed by atoms with Crippen molar-refractivity contribution >= 4 is 46.2 Å². The number of carbonyl (C=O) groups excluding carboxylic acids is 1. The van der Waals surface area contributed by atoms with E-state index < -0.39 is 5.97 Å². The van der Waals surface area contributed by atoms with E-state index in [4.69, 9.17) is 0 Å². The molecule has 1 aliphatic carbocycles. The summed E-state index contributed by atoms with van der Waals surface area (Å²) in [5, 5.41) is 10.4. The molecule has 1 saturated heterocycles. The van der Waals surface area contributed by atoms with Crippen molar-refractivity contribution < 1.29 is 14.7 Å². The van der Waals surface area contributed by atoms with E-state index in [1.54, 1.807) is 0 Å². The number of hydrogen-bond donors (Lipinski definition) is 2. The second kappa shape index (κ2) is 5.85. The van der Waals surface area contributed by atoms with Gasteiger partial charge in [-0.1, -0.05) is 25.1 Å². The normalized spacial score (nSPS) is 25.3. The second-order valence-electron chi connectivity index (χ2n) is 6.37. The lowest BCUT2D eigenvalue weighted by Gasteiger charge is -2.43. The van der Waals surface area contributed by atoms with Crippen LogP contribution in [0.3, 0.4) is 0 Å². The zero-order valence-electron chi connectivity index (χ0n) is 13.4. The van der Waals surface area contributed by atoms with Gasteiger partial charge in [0.2, 0.25) is 0 Å². The second-order valence-corrected chi connectivity index (χ2v) is 9.31. The van der Waals surface area contributed by atoms with Crippen molar-refractivity contribution in [3.05, 3.63) is 35.5 Å². The minimum absolute atomic E-state index is 0.0407. The van der Waals surface area contributed by atoms with E-state index in [0.717, 1.165) is 33.7 Å². The van der Waals surface area contributed by atoms with Crippen LogP contribution < -0.4 is 0 Å². The predicted molar refractivity (Wildman–Crippen MR) is 98.7 cm³/mol. The Hall–Kier alpha value is -1.40. The van der Waals surface area contributed by atoms with Crippen molar-refractivity contribution in [2.45, 2.75) is 23.8 Å². The number of carboxylic acids is 1. The molecule has 0 bridgehead atoms. The SMILES string of the molecule is CC[C@H]1C(=O)c2c([nH]c3ccccc23)C2(SCCS2)[C@H]1CC(=O)O. The van der Waals surface area contributed by atoms with E-state index in [1.807, 2.05) is 54.7 Å². The van der Waals surface area contributed by atoms with Gasteiger partial charge in [0.15, 0.2) is 5.78 Å². The lowest BCUT2D eigenvalue weighted by atomic mass is 9.73. The highest BCUT2D eigenvalue weighted by molar-refractivity contribution is 8.20. The minimum atomic E-state index is -0.821. The predicted octanol–water partition coefficient (Wildman–Crippen LogP) is 4.11. The van der Waals surface area contributed by atoms with Gasteiger partial charge in [-0.15, -0.1) is 23.5 Å². The molecule has 0 unspecified atom stereocenters. The first kappa shape index (κ1) is 16.1. The summed E-state index contributed by atoms with van der Waals surface area (Å²) in [6.07, 6.45) is 0.720. The summed E-state index contributed by atoms with van der Waals surface area (Å²) in [5.41, 5.74) is 2.70. The van der Waals surface area contributed by atoms with Crippen LogP contribution in [0.25, 0.3) is 10.9 Å². The topological polar surface area (TPSA) is 70.2 Å². The number of H-pyrrole nitrogens is 1. The Morgan fingerprint density at radius 1 is 1.33 bits per heavy atom. The highest BCUT2D eigenvalue weighted by Crippen LogP contribution is 2.63. The summed E-state index contributed by atoms with van der Waals surface area (Å²) < 4.78 is -0.346. The quantitative estimate of drug-likeness (QED) is 0.861. The van der Waals surface area contributed by atoms with Gasteiger partial charge in [-0.05, 0) is 12.5 Å². The Balaban J connectivity index is 1.99. The molecule has 0 amide bonds. The van der Waals surface area contributed by atoms with Crippen molar-refractivity contribution in [1.29, 1.82) is 0 Å². The first-order chi connectivity index (χ1) is 11.6. The number of rotatable bonds is 3. The van der Waals surface area contributed by atoms with Crippen molar-refractivity contribution in [3.63, 3.8) is 0 Å². The van der Waals surface area contributed by atoms with Crippen LogP contribution in [0.2, 0.25) is 0 Å². The highest BCUT2D eigenvalue weighted by atomic mass is 32.2. The largest absolute Gasteiger partial charge is 0.481 e. The van der Waals surface area contributed by atoms with Gasteiger partial charge >= 0.3 is 5.97 Å². The lowest BCUT2D eigenvalue weighted by molar-refractivity contribution is -0.138. The van der Waals surface area contributed by atoms with Gasteiger partial charge in [0.1, 0.15) is 4.08 Å². The molecule has 1 aliphatic heterocycles. The maximum absolute atomic E-state index is 13.2. The van der Waals surface area contributed by atoms with E-state index in [0.29, 0.717) is 6.42 Å². The molecule has 4 rings (SSSR count). The Bertz CT molecular complexity index is 823. The summed E-state index contributed by atoms with van der Waals surface area (Å²) in [7, 11) is 0. The van der Waals surface area contributed by atoms with Crippen molar-refractivity contribution in [3.8, 4) is 0 Å². The van der Waals surface area contributed by atoms with Crippen LogP contribution in [-0.4, -0.2) is 33.3 Å². The van der Waals surface area contributed by atoms with E-state index >= 15 is 0 Å². The average molecular weight is 361 g/mol. The van der Waals surface area contributed by atoms with Gasteiger partial charge in [-0.3, -0.25) is 9.59 Å². The first-order valence-electron chi connectivity index (χ1n) is 8.23. The third kappa shape index (κ3) is 2.15. The van der Waals surface area contributed by atoms with Crippen LogP contribution in [0.4, 0.5) is 0 Å². The number of carbonyl (C=O) groups is 2. The molecule has 2 N–H and O–H groups in total. The number of carboxylic acid groups (broad SMARTS) is 1. The number of para-hydroxylation sites is 1. The zero-order valence-corrected chi connectivity index (χ0v) is 15.0. The number of thioether (sulfide) groups is 2. The van der Waals surface area contributed by atoms with Gasteiger partial charge < -0.3 is 10.1 Å². The third-order valence-corrected chi connectivity index (χ3v) is 8.82. The van der Waals surface area contributed by atoms with Crippen LogP contribution in [0, 0.1) is 11.8 Å². The molecule has 2 aromatic rings. The molecule has 2 heterocycles. The standard InChI is InChI=1S/C18H19NO3S2/c1-2-10-12(9-14(20)21)18(23-7-8-24-18)17-15(16(10)22)11-5-3-4-6-13(11)19-17/h3-6,10,12,19H,2,7-9H2,1H3,(H,20,21)/t10-,12+/m1/s1. The number of aromatic nitrogens is 1. The van der Waals surface area contributed by atoms with Crippen molar-refractivity contribution in [2.24, 2.45) is 11.8 Å². The fourth-order valence-corrected chi connectivity index (χ4v) is 7.82. The summed E-state index contributed by atoms with van der Waals surface area (Å²) in [5.74, 6) is 0.852. The summed E-state index contributed by atoms with van der Waals surface area (Å²) in [6.45, 7) is 2.00. The van der Waals surface area contributed by atoms with Gasteiger partial charge in [-0.25, -0.2) is 0 Å². The molecular formula is C18H19NO3S2. The molecule has 1 aromatic carbocycles. The molecule has 1 spiro atoms. The summed E-state index contributed by atoms with van der Waals surface area (Å²) in [6, 6.07) is 7.90. The zero-order chi connectivity index (χ0) is 16.9. The van der Waals surface area contributed by atoms with E-state index in [9.17, 15) is 14.7 Å². The van der Waals surface area contributed by atoms with E-state index in [1.165, 1.54) is 0 Å². The molecule has 4 nitrogen and oxygen atoms in total. The number of fused-ring (bicyclic) bond motifs is 4. The fourth-order valence-electron chi connectivity index (χ4n) is 4.20. The number of benzene rings is 1. The molecule has 1 aromatic heterocycles. The number of Topliss-reactive ketones (excluding diaryl/α,β-unsaturated/α-hetero) is 1. The average Bonchev–Trinajstić information content (AvgIpc) is 3.18. The smallest absolute Gasteiger partial charge is 0.303 e. The van der Waals surface area contributed by atoms with Crippen LogP contribution in [0.15, 0.2) is 24.3 Å². The Labute approximate surface area is 148 Å². The first-order valence-corrected chi connectivity index (χ1v) is 10.2. The van der Waals surface area contributed by atoms with Gasteiger partial charge in [0, 0.05) is 39.8 Å². The minimum Gasteiger partial charge on any atom is -0.481 e. The number of nitrogens with one attached hydrogen (secondary N) is 1. The van der Waals surface area contributed by atoms with E-state index in [-0.39, 0.29) is 28.1 Å². The van der Waals surface area contributed by atoms with Crippen LogP contribution in [0.5, 0.6) is 0 Å². The Morgan fingerprint density at radius 2 is 2.04 bits per heavy atom. The molecule has 6 heteroatoms. The van der Waals surface area contributed by atoms with Gasteiger partial charge in [-0.2, -0.15) is 0 Å². The Kier molecular flexibility index (Phi) is 3.92. The maximum atomic E-state index is 13.2. The van der Waals surface area contributed by atoms with Crippen LogP contribution >= 0.6 is 23.5 Å².